The number of carbonyl (C=O) groups excluding carboxylic acids is 1. The highest BCUT2D eigenvalue weighted by Crippen LogP contribution is 2.11. The van der Waals surface area contributed by atoms with Gasteiger partial charge in [-0.15, -0.1) is 0 Å². The standard InChI is InChI=1S/C12H15ClN4O/c1-14-12(18)4-5-15-6-10-8-17-7-9(13)2-3-11(17)16-10/h2-3,7-8,15H,4-6H2,1H3,(H,14,18). The summed E-state index contributed by atoms with van der Waals surface area (Å²) in [5.74, 6) is 0.0317. The van der Waals surface area contributed by atoms with E-state index in [0.29, 0.717) is 24.5 Å². The number of halogens is 1. The third kappa shape index (κ3) is 3.21. The van der Waals surface area contributed by atoms with E-state index in [4.69, 9.17) is 11.6 Å². The van der Waals surface area contributed by atoms with Gasteiger partial charge < -0.3 is 15.0 Å². The van der Waals surface area contributed by atoms with E-state index in [9.17, 15) is 4.79 Å². The van der Waals surface area contributed by atoms with Gasteiger partial charge >= 0.3 is 0 Å². The lowest BCUT2D eigenvalue weighted by molar-refractivity contribution is -0.120. The maximum absolute atomic E-state index is 11.0. The van der Waals surface area contributed by atoms with Gasteiger partial charge in [-0.3, -0.25) is 4.79 Å². The van der Waals surface area contributed by atoms with Crippen LogP contribution in [0.2, 0.25) is 5.02 Å². The fourth-order valence-corrected chi connectivity index (χ4v) is 1.81. The number of pyridine rings is 1. The van der Waals surface area contributed by atoms with E-state index in [2.05, 4.69) is 15.6 Å². The van der Waals surface area contributed by atoms with Gasteiger partial charge in [0.25, 0.3) is 0 Å². The molecule has 0 aliphatic heterocycles. The summed E-state index contributed by atoms with van der Waals surface area (Å²) in [4.78, 5) is 15.4. The Morgan fingerprint density at radius 3 is 3.06 bits per heavy atom. The number of nitrogens with one attached hydrogen (secondary N) is 2. The first-order chi connectivity index (χ1) is 8.69. The second-order valence-electron chi connectivity index (χ2n) is 3.94. The van der Waals surface area contributed by atoms with Crippen LogP contribution in [-0.2, 0) is 11.3 Å². The number of fused-ring (bicyclic) bond motifs is 1. The molecule has 2 N–H and O–H groups in total. The largest absolute Gasteiger partial charge is 0.359 e. The maximum atomic E-state index is 11.0. The Hall–Kier alpha value is -1.59. The second kappa shape index (κ2) is 5.84. The highest BCUT2D eigenvalue weighted by Gasteiger charge is 2.02. The number of nitrogens with zero attached hydrogens (tertiary/aromatic N) is 2. The minimum absolute atomic E-state index is 0.0317. The molecule has 0 atom stereocenters. The molecule has 1 amide bonds. The molecule has 18 heavy (non-hydrogen) atoms. The van der Waals surface area contributed by atoms with Crippen LogP contribution in [-0.4, -0.2) is 28.9 Å². The number of hydrogen-bond acceptors (Lipinski definition) is 3. The first kappa shape index (κ1) is 12.9. The Labute approximate surface area is 110 Å². The SMILES string of the molecule is CNC(=O)CCNCc1cn2cc(Cl)ccc2n1. The van der Waals surface area contributed by atoms with Crippen molar-refractivity contribution in [3.8, 4) is 0 Å². The van der Waals surface area contributed by atoms with Crippen molar-refractivity contribution in [2.75, 3.05) is 13.6 Å². The lowest BCUT2D eigenvalue weighted by atomic mass is 10.4. The molecule has 2 aromatic rings. The average Bonchev–Trinajstić information content (AvgIpc) is 2.76. The van der Waals surface area contributed by atoms with Crippen LogP contribution in [0.15, 0.2) is 24.5 Å². The van der Waals surface area contributed by atoms with E-state index >= 15 is 0 Å². The van der Waals surface area contributed by atoms with Crippen LogP contribution in [0.3, 0.4) is 0 Å². The molecule has 5 nitrogen and oxygen atoms in total. The molecule has 0 aromatic carbocycles. The van der Waals surface area contributed by atoms with Crippen molar-refractivity contribution in [3.63, 3.8) is 0 Å². The molecular formula is C12H15ClN4O. The molecule has 0 saturated carbocycles. The lowest BCUT2D eigenvalue weighted by Gasteiger charge is -2.01. The van der Waals surface area contributed by atoms with Crippen LogP contribution in [0, 0.1) is 0 Å². The summed E-state index contributed by atoms with van der Waals surface area (Å²) >= 11 is 5.90. The molecule has 2 aromatic heterocycles. The van der Waals surface area contributed by atoms with Gasteiger partial charge in [-0.05, 0) is 12.1 Å². The van der Waals surface area contributed by atoms with Crippen molar-refractivity contribution < 1.29 is 4.79 Å². The minimum Gasteiger partial charge on any atom is -0.359 e. The van der Waals surface area contributed by atoms with Crippen LogP contribution >= 0.6 is 11.6 Å². The summed E-state index contributed by atoms with van der Waals surface area (Å²) in [5, 5.41) is 6.43. The van der Waals surface area contributed by atoms with Gasteiger partial charge in [-0.25, -0.2) is 4.98 Å². The first-order valence-corrected chi connectivity index (χ1v) is 6.11. The number of hydrogen-bond donors (Lipinski definition) is 2. The molecule has 0 aliphatic carbocycles. The van der Waals surface area contributed by atoms with Gasteiger partial charge in [0.1, 0.15) is 5.65 Å². The third-order valence-corrected chi connectivity index (χ3v) is 2.80. The summed E-state index contributed by atoms with van der Waals surface area (Å²) in [6.45, 7) is 1.27. The van der Waals surface area contributed by atoms with Crippen LogP contribution in [0.4, 0.5) is 0 Å². The Kier molecular flexibility index (Phi) is 4.17. The third-order valence-electron chi connectivity index (χ3n) is 2.58. The molecule has 0 radical (unpaired) electrons. The van der Waals surface area contributed by atoms with Crippen LogP contribution in [0.1, 0.15) is 12.1 Å². The van der Waals surface area contributed by atoms with Crippen molar-refractivity contribution in [2.24, 2.45) is 0 Å². The van der Waals surface area contributed by atoms with E-state index in [1.54, 1.807) is 7.05 Å². The number of aromatic nitrogens is 2. The fourth-order valence-electron chi connectivity index (χ4n) is 1.65. The van der Waals surface area contributed by atoms with Crippen LogP contribution in [0.5, 0.6) is 0 Å². The molecular weight excluding hydrogens is 252 g/mol. The van der Waals surface area contributed by atoms with Crippen LogP contribution < -0.4 is 10.6 Å². The van der Waals surface area contributed by atoms with Crippen molar-refractivity contribution in [2.45, 2.75) is 13.0 Å². The Bertz CT molecular complexity index is 552. The predicted octanol–water partition coefficient (Wildman–Crippen LogP) is 1.21. The second-order valence-corrected chi connectivity index (χ2v) is 4.38. The zero-order valence-electron chi connectivity index (χ0n) is 10.1. The molecule has 0 saturated heterocycles. The van der Waals surface area contributed by atoms with Gasteiger partial charge in [0.05, 0.1) is 10.7 Å². The molecule has 0 unspecified atom stereocenters. The normalized spacial score (nSPS) is 10.8. The van der Waals surface area contributed by atoms with E-state index in [-0.39, 0.29) is 5.91 Å². The molecule has 0 aliphatic rings. The monoisotopic (exact) mass is 266 g/mol. The number of imidazole rings is 1. The van der Waals surface area contributed by atoms with Crippen molar-refractivity contribution in [3.05, 3.63) is 35.2 Å². The Balaban J connectivity index is 1.90. The number of rotatable bonds is 5. The predicted molar refractivity (Wildman–Crippen MR) is 70.6 cm³/mol. The van der Waals surface area contributed by atoms with Crippen molar-refractivity contribution in [1.29, 1.82) is 0 Å². The molecule has 0 spiro atoms. The summed E-state index contributed by atoms with van der Waals surface area (Å²) in [6, 6.07) is 3.68. The Morgan fingerprint density at radius 2 is 2.28 bits per heavy atom. The summed E-state index contributed by atoms with van der Waals surface area (Å²) in [6.07, 6.45) is 4.21. The fraction of sp³-hybridized carbons (Fsp3) is 0.333. The van der Waals surface area contributed by atoms with Crippen molar-refractivity contribution in [1.82, 2.24) is 20.0 Å². The van der Waals surface area contributed by atoms with E-state index in [1.165, 1.54) is 0 Å². The quantitative estimate of drug-likeness (QED) is 0.800. The van der Waals surface area contributed by atoms with Crippen LogP contribution in [0.25, 0.3) is 5.65 Å². The smallest absolute Gasteiger partial charge is 0.221 e. The average molecular weight is 267 g/mol. The zero-order chi connectivity index (χ0) is 13.0. The van der Waals surface area contributed by atoms with E-state index in [1.807, 2.05) is 28.9 Å². The lowest BCUT2D eigenvalue weighted by Crippen LogP contribution is -2.24. The van der Waals surface area contributed by atoms with Gasteiger partial charge in [0.2, 0.25) is 5.91 Å². The molecule has 6 heteroatoms. The highest BCUT2D eigenvalue weighted by atomic mass is 35.5. The highest BCUT2D eigenvalue weighted by molar-refractivity contribution is 6.30. The Morgan fingerprint density at radius 1 is 1.44 bits per heavy atom. The van der Waals surface area contributed by atoms with Gasteiger partial charge in [0.15, 0.2) is 0 Å². The summed E-state index contributed by atoms with van der Waals surface area (Å²) in [7, 11) is 1.63. The molecule has 0 fully saturated rings. The number of carbonyl (C=O) groups is 1. The number of amides is 1. The van der Waals surface area contributed by atoms with E-state index < -0.39 is 0 Å². The summed E-state index contributed by atoms with van der Waals surface area (Å²) < 4.78 is 1.89. The first-order valence-electron chi connectivity index (χ1n) is 5.73. The molecule has 96 valence electrons. The van der Waals surface area contributed by atoms with Gasteiger partial charge in [-0.2, -0.15) is 0 Å². The zero-order valence-corrected chi connectivity index (χ0v) is 10.9. The molecule has 2 rings (SSSR count). The van der Waals surface area contributed by atoms with Gasteiger partial charge in [0, 0.05) is 39.0 Å². The van der Waals surface area contributed by atoms with Crippen molar-refractivity contribution >= 4 is 23.2 Å². The maximum Gasteiger partial charge on any atom is 0.221 e. The van der Waals surface area contributed by atoms with E-state index in [0.717, 1.165) is 11.3 Å². The molecule has 0 bridgehead atoms. The summed E-state index contributed by atoms with van der Waals surface area (Å²) in [5.41, 5.74) is 1.79. The minimum atomic E-state index is 0.0317. The topological polar surface area (TPSA) is 58.4 Å². The molecule has 2 heterocycles. The van der Waals surface area contributed by atoms with Gasteiger partial charge in [-0.1, -0.05) is 11.6 Å².